The van der Waals surface area contributed by atoms with Gasteiger partial charge < -0.3 is 13.3 Å². The van der Waals surface area contributed by atoms with Gasteiger partial charge in [-0.15, -0.1) is 11.3 Å². The van der Waals surface area contributed by atoms with Gasteiger partial charge in [-0.05, 0) is 13.8 Å². The lowest BCUT2D eigenvalue weighted by Gasteiger charge is -2.23. The van der Waals surface area contributed by atoms with Crippen LogP contribution in [0.5, 0.6) is 0 Å². The molecule has 0 saturated carbocycles. The van der Waals surface area contributed by atoms with E-state index in [1.807, 2.05) is 0 Å². The summed E-state index contributed by atoms with van der Waals surface area (Å²) in [6, 6.07) is 0.373. The number of thiazole rings is 1. The minimum Gasteiger partial charge on any atom is -0.378 e. The lowest BCUT2D eigenvalue weighted by Crippen LogP contribution is -2.34. The maximum Gasteiger partial charge on any atom is 0.419 e. The summed E-state index contributed by atoms with van der Waals surface area (Å²) >= 11 is 3.30. The molecule has 2 heterocycles. The van der Waals surface area contributed by atoms with E-state index in [4.69, 9.17) is 3.07 Å². The summed E-state index contributed by atoms with van der Waals surface area (Å²) in [7, 11) is 0. The molecule has 0 saturated heterocycles. The van der Waals surface area contributed by atoms with E-state index in [-0.39, 0.29) is 6.09 Å². The summed E-state index contributed by atoms with van der Waals surface area (Å²) in [5, 5.41) is 4.23. The SMILES string of the molecule is CC(C)Nc1nc2c(s1)CCN(C(=O)OI)C2. The Balaban J connectivity index is 2.10. The normalized spacial score (nSPS) is 14.7. The predicted molar refractivity (Wildman–Crippen MR) is 75.5 cm³/mol. The van der Waals surface area contributed by atoms with Gasteiger partial charge >= 0.3 is 6.09 Å². The fourth-order valence-electron chi connectivity index (χ4n) is 1.71. The molecule has 1 N–H and O–H groups in total. The van der Waals surface area contributed by atoms with Crippen LogP contribution in [0.4, 0.5) is 9.93 Å². The zero-order chi connectivity index (χ0) is 12.4. The summed E-state index contributed by atoms with van der Waals surface area (Å²) in [6.07, 6.45) is 0.570. The molecule has 0 atom stereocenters. The Morgan fingerprint density at radius 1 is 1.65 bits per heavy atom. The highest BCUT2D eigenvalue weighted by molar-refractivity contribution is 14.1. The molecule has 0 aromatic carbocycles. The van der Waals surface area contributed by atoms with Crippen molar-refractivity contribution in [1.29, 1.82) is 0 Å². The van der Waals surface area contributed by atoms with Crippen LogP contribution in [0.3, 0.4) is 0 Å². The van der Waals surface area contributed by atoms with Gasteiger partial charge in [-0.2, -0.15) is 0 Å². The van der Waals surface area contributed by atoms with E-state index in [0.717, 1.165) is 17.2 Å². The Labute approximate surface area is 118 Å². The molecule has 0 aliphatic carbocycles. The molecule has 94 valence electrons. The van der Waals surface area contributed by atoms with Gasteiger partial charge in [0.1, 0.15) is 0 Å². The van der Waals surface area contributed by atoms with Crippen LogP contribution in [0.1, 0.15) is 24.4 Å². The smallest absolute Gasteiger partial charge is 0.378 e. The molecule has 5 nitrogen and oxygen atoms in total. The van der Waals surface area contributed by atoms with Gasteiger partial charge in [0.15, 0.2) is 28.1 Å². The number of hydrogen-bond donors (Lipinski definition) is 1. The fourth-order valence-corrected chi connectivity index (χ4v) is 3.10. The van der Waals surface area contributed by atoms with Crippen LogP contribution in [0.15, 0.2) is 0 Å². The van der Waals surface area contributed by atoms with Gasteiger partial charge in [0.25, 0.3) is 0 Å². The number of hydrogen-bond acceptors (Lipinski definition) is 5. The highest BCUT2D eigenvalue weighted by Crippen LogP contribution is 2.28. The van der Waals surface area contributed by atoms with Crippen molar-refractivity contribution in [2.24, 2.45) is 0 Å². The first kappa shape index (κ1) is 12.9. The standard InChI is InChI=1S/C10H14IN3O2S/c1-6(2)12-9-13-7-5-14(10(15)16-11)4-3-8(7)17-9/h6H,3-5H2,1-2H3,(H,12,13). The molecule has 0 bridgehead atoms. The molecule has 17 heavy (non-hydrogen) atoms. The van der Waals surface area contributed by atoms with Crippen molar-refractivity contribution in [3.63, 3.8) is 0 Å². The zero-order valence-electron chi connectivity index (χ0n) is 9.70. The van der Waals surface area contributed by atoms with Gasteiger partial charge in [-0.25, -0.2) is 9.78 Å². The van der Waals surface area contributed by atoms with Gasteiger partial charge in [-0.1, -0.05) is 0 Å². The lowest BCUT2D eigenvalue weighted by molar-refractivity contribution is 0.161. The molecule has 2 rings (SSSR count). The first-order valence-electron chi connectivity index (χ1n) is 5.42. The van der Waals surface area contributed by atoms with Crippen LogP contribution in [0.2, 0.25) is 0 Å². The molecule has 0 fully saturated rings. The Bertz CT molecular complexity index is 422. The number of carbonyl (C=O) groups excluding carboxylic acids is 1. The molecular formula is C10H14IN3O2S. The van der Waals surface area contributed by atoms with E-state index in [1.165, 1.54) is 4.88 Å². The zero-order valence-corrected chi connectivity index (χ0v) is 12.7. The van der Waals surface area contributed by atoms with Gasteiger partial charge in [-0.3, -0.25) is 0 Å². The number of carbonyl (C=O) groups is 1. The molecule has 7 heteroatoms. The van der Waals surface area contributed by atoms with Gasteiger partial charge in [0.05, 0.1) is 12.2 Å². The summed E-state index contributed by atoms with van der Waals surface area (Å²) < 4.78 is 4.69. The maximum absolute atomic E-state index is 11.4. The number of halogens is 1. The highest BCUT2D eigenvalue weighted by atomic mass is 127. The van der Waals surface area contributed by atoms with E-state index in [9.17, 15) is 4.79 Å². The van der Waals surface area contributed by atoms with Crippen molar-refractivity contribution in [2.75, 3.05) is 11.9 Å². The minimum atomic E-state index is -0.289. The van der Waals surface area contributed by atoms with E-state index >= 15 is 0 Å². The highest BCUT2D eigenvalue weighted by Gasteiger charge is 2.24. The quantitative estimate of drug-likeness (QED) is 0.817. The molecule has 1 aromatic rings. The second kappa shape index (κ2) is 5.38. The van der Waals surface area contributed by atoms with Gasteiger partial charge in [0, 0.05) is 23.9 Å². The number of amides is 1. The second-order valence-corrected chi connectivity index (χ2v) is 5.73. The third kappa shape index (κ3) is 3.01. The number of fused-ring (bicyclic) bond motifs is 1. The average molecular weight is 367 g/mol. The van der Waals surface area contributed by atoms with Crippen LogP contribution >= 0.6 is 34.3 Å². The van der Waals surface area contributed by atoms with E-state index in [0.29, 0.717) is 19.1 Å². The van der Waals surface area contributed by atoms with Crippen molar-refractivity contribution in [1.82, 2.24) is 9.88 Å². The predicted octanol–water partition coefficient (Wildman–Crippen LogP) is 2.81. The third-order valence-electron chi connectivity index (χ3n) is 2.46. The largest absolute Gasteiger partial charge is 0.419 e. The number of anilines is 1. The third-order valence-corrected chi connectivity index (χ3v) is 3.93. The van der Waals surface area contributed by atoms with Crippen molar-refractivity contribution < 1.29 is 7.86 Å². The topological polar surface area (TPSA) is 54.5 Å². The lowest BCUT2D eigenvalue weighted by atomic mass is 10.2. The molecule has 0 spiro atoms. The summed E-state index contributed by atoms with van der Waals surface area (Å²) in [6.45, 7) is 5.42. The van der Waals surface area contributed by atoms with E-state index in [1.54, 1.807) is 39.2 Å². The summed E-state index contributed by atoms with van der Waals surface area (Å²) in [5.41, 5.74) is 0.992. The number of nitrogens with zero attached hydrogens (tertiary/aromatic N) is 2. The van der Waals surface area contributed by atoms with E-state index in [2.05, 4.69) is 24.1 Å². The first-order valence-corrected chi connectivity index (χ1v) is 7.12. The monoisotopic (exact) mass is 367 g/mol. The maximum atomic E-state index is 11.4. The number of rotatable bonds is 2. The molecule has 0 unspecified atom stereocenters. The van der Waals surface area contributed by atoms with Crippen molar-refractivity contribution in [2.45, 2.75) is 32.9 Å². The Morgan fingerprint density at radius 3 is 3.06 bits per heavy atom. The van der Waals surface area contributed by atoms with Crippen molar-refractivity contribution in [3.05, 3.63) is 10.6 Å². The van der Waals surface area contributed by atoms with Crippen LogP contribution in [-0.2, 0) is 16.0 Å². The first-order chi connectivity index (χ1) is 8.10. The minimum absolute atomic E-state index is 0.289. The molecule has 1 aliphatic rings. The van der Waals surface area contributed by atoms with Crippen molar-refractivity contribution in [3.8, 4) is 0 Å². The van der Waals surface area contributed by atoms with Gasteiger partial charge in [0.2, 0.25) is 0 Å². The number of aromatic nitrogens is 1. The molecule has 1 amide bonds. The fraction of sp³-hybridized carbons (Fsp3) is 0.600. The Hall–Kier alpha value is -0.570. The molecule has 1 aliphatic heterocycles. The van der Waals surface area contributed by atoms with Crippen molar-refractivity contribution >= 4 is 45.6 Å². The van der Waals surface area contributed by atoms with Crippen LogP contribution in [0.25, 0.3) is 0 Å². The Kier molecular flexibility index (Phi) is 4.08. The second-order valence-electron chi connectivity index (χ2n) is 4.20. The van der Waals surface area contributed by atoms with Crippen LogP contribution in [0, 0.1) is 0 Å². The molecule has 1 aromatic heterocycles. The number of nitrogens with one attached hydrogen (secondary N) is 1. The van der Waals surface area contributed by atoms with Crippen LogP contribution in [-0.4, -0.2) is 28.6 Å². The molecule has 0 radical (unpaired) electrons. The summed E-state index contributed by atoms with van der Waals surface area (Å²) in [4.78, 5) is 18.9. The molecular weight excluding hydrogens is 353 g/mol. The van der Waals surface area contributed by atoms with Crippen LogP contribution < -0.4 is 5.32 Å². The summed E-state index contributed by atoms with van der Waals surface area (Å²) in [5.74, 6) is 0. The van der Waals surface area contributed by atoms with E-state index < -0.39 is 0 Å². The Morgan fingerprint density at radius 2 is 2.41 bits per heavy atom. The average Bonchev–Trinajstić information content (AvgIpc) is 2.67.